The third kappa shape index (κ3) is 10.8. The maximum absolute atomic E-state index is 14.0. The number of para-hydroxylation sites is 1. The molecule has 0 heterocycles. The maximum Gasteiger partial charge on any atom is 0.408 e. The van der Waals surface area contributed by atoms with Gasteiger partial charge in [0.15, 0.2) is 0 Å². The molecule has 8 nitrogen and oxygen atoms in total. The number of phenols is 1. The van der Waals surface area contributed by atoms with E-state index in [0.29, 0.717) is 17.9 Å². The SMILES string of the molecule is CCCC(C)NC(=O)C(c1ccccc1O)N(C(=O)C(CS)NC(=O)OC(C)(C)C)C(C)CCC(C)C. The van der Waals surface area contributed by atoms with Gasteiger partial charge < -0.3 is 25.4 Å². The van der Waals surface area contributed by atoms with Crippen molar-refractivity contribution in [3.63, 3.8) is 0 Å². The van der Waals surface area contributed by atoms with E-state index in [9.17, 15) is 19.5 Å². The zero-order chi connectivity index (χ0) is 28.3. The van der Waals surface area contributed by atoms with Crippen LogP contribution >= 0.6 is 12.6 Å². The van der Waals surface area contributed by atoms with Crippen LogP contribution in [0.25, 0.3) is 0 Å². The highest BCUT2D eigenvalue weighted by Gasteiger charge is 2.39. The molecule has 1 rings (SSSR count). The molecule has 0 saturated carbocycles. The van der Waals surface area contributed by atoms with Crippen LogP contribution in [0.4, 0.5) is 4.79 Å². The first kappa shape index (κ1) is 32.6. The van der Waals surface area contributed by atoms with Gasteiger partial charge in [0.1, 0.15) is 23.4 Å². The van der Waals surface area contributed by atoms with Crippen LogP contribution < -0.4 is 10.6 Å². The summed E-state index contributed by atoms with van der Waals surface area (Å²) in [5.41, 5.74) is -0.421. The van der Waals surface area contributed by atoms with Gasteiger partial charge in [-0.1, -0.05) is 45.4 Å². The van der Waals surface area contributed by atoms with Gasteiger partial charge in [0, 0.05) is 23.4 Å². The first-order valence-corrected chi connectivity index (χ1v) is 13.9. The highest BCUT2D eigenvalue weighted by atomic mass is 32.1. The standard InChI is InChI=1S/C28H47N3O5S/c1-9-12-19(4)29-25(33)24(21-13-10-11-14-23(21)32)31(20(5)16-15-18(2)3)26(34)22(17-37)30-27(35)36-28(6,7)8/h10-11,13-14,18-20,22,24,32,37H,9,12,15-17H2,1-8H3,(H,29,33)(H,30,35). The van der Waals surface area contributed by atoms with E-state index in [4.69, 9.17) is 4.74 Å². The molecule has 0 spiro atoms. The lowest BCUT2D eigenvalue weighted by atomic mass is 9.96. The minimum absolute atomic E-state index is 0.00677. The summed E-state index contributed by atoms with van der Waals surface area (Å²) in [4.78, 5) is 41.8. The zero-order valence-corrected chi connectivity index (χ0v) is 24.6. The van der Waals surface area contributed by atoms with Crippen LogP contribution in [0.2, 0.25) is 0 Å². The zero-order valence-electron chi connectivity index (χ0n) is 23.7. The number of ether oxygens (including phenoxy) is 1. The van der Waals surface area contributed by atoms with Crippen molar-refractivity contribution in [2.24, 2.45) is 5.92 Å². The lowest BCUT2D eigenvalue weighted by Gasteiger charge is -2.39. The number of thiol groups is 1. The molecule has 0 aliphatic heterocycles. The number of carbonyl (C=O) groups excluding carboxylic acids is 3. The molecule has 0 bridgehead atoms. The molecule has 37 heavy (non-hydrogen) atoms. The molecule has 0 fully saturated rings. The molecule has 0 saturated heterocycles. The molecule has 0 aromatic heterocycles. The smallest absolute Gasteiger partial charge is 0.408 e. The average molecular weight is 538 g/mol. The van der Waals surface area contributed by atoms with Crippen molar-refractivity contribution < 1.29 is 24.2 Å². The summed E-state index contributed by atoms with van der Waals surface area (Å²) in [6.07, 6.45) is 2.39. The Morgan fingerprint density at radius 3 is 2.16 bits per heavy atom. The van der Waals surface area contributed by atoms with Crippen LogP contribution in [0, 0.1) is 5.92 Å². The Bertz CT molecular complexity index is 887. The fraction of sp³-hybridized carbons (Fsp3) is 0.679. The summed E-state index contributed by atoms with van der Waals surface area (Å²) < 4.78 is 5.36. The van der Waals surface area contributed by atoms with Gasteiger partial charge in [0.05, 0.1) is 0 Å². The van der Waals surface area contributed by atoms with Crippen LogP contribution in [-0.4, -0.2) is 57.4 Å². The van der Waals surface area contributed by atoms with Gasteiger partial charge in [-0.05, 0) is 65.9 Å². The minimum atomic E-state index is -1.10. The molecule has 4 unspecified atom stereocenters. The van der Waals surface area contributed by atoms with E-state index >= 15 is 0 Å². The number of nitrogens with zero attached hydrogens (tertiary/aromatic N) is 1. The summed E-state index contributed by atoms with van der Waals surface area (Å²) in [6, 6.07) is 3.93. The van der Waals surface area contributed by atoms with Gasteiger partial charge >= 0.3 is 6.09 Å². The highest BCUT2D eigenvalue weighted by Crippen LogP contribution is 2.32. The molecule has 9 heteroatoms. The third-order valence-corrected chi connectivity index (χ3v) is 6.30. The number of alkyl carbamates (subject to hydrolysis) is 1. The van der Waals surface area contributed by atoms with Gasteiger partial charge in [0.2, 0.25) is 11.8 Å². The Morgan fingerprint density at radius 1 is 1.03 bits per heavy atom. The molecule has 3 N–H and O–H groups in total. The van der Waals surface area contributed by atoms with E-state index < -0.39 is 29.7 Å². The lowest BCUT2D eigenvalue weighted by Crippen LogP contribution is -2.56. The predicted molar refractivity (Wildman–Crippen MR) is 151 cm³/mol. The number of aromatic hydroxyl groups is 1. The van der Waals surface area contributed by atoms with Gasteiger partial charge in [-0.25, -0.2) is 4.79 Å². The Balaban J connectivity index is 3.54. The quantitative estimate of drug-likeness (QED) is 0.258. The van der Waals surface area contributed by atoms with E-state index in [0.717, 1.165) is 19.3 Å². The Hall–Kier alpha value is -2.42. The molecule has 0 aliphatic rings. The van der Waals surface area contributed by atoms with Crippen LogP contribution in [-0.2, 0) is 14.3 Å². The molecular weight excluding hydrogens is 490 g/mol. The number of phenolic OH excluding ortho intramolecular Hbond substituents is 1. The van der Waals surface area contributed by atoms with E-state index in [1.54, 1.807) is 39.0 Å². The number of benzene rings is 1. The van der Waals surface area contributed by atoms with Crippen molar-refractivity contribution in [2.45, 2.75) is 111 Å². The number of hydrogen-bond acceptors (Lipinski definition) is 6. The summed E-state index contributed by atoms with van der Waals surface area (Å²) in [6.45, 7) is 15.2. The van der Waals surface area contributed by atoms with Crippen LogP contribution in [0.15, 0.2) is 24.3 Å². The first-order chi connectivity index (χ1) is 17.2. The first-order valence-electron chi connectivity index (χ1n) is 13.2. The second kappa shape index (κ2) is 15.1. The third-order valence-electron chi connectivity index (χ3n) is 5.93. The van der Waals surface area contributed by atoms with E-state index in [1.165, 1.54) is 11.0 Å². The fourth-order valence-corrected chi connectivity index (χ4v) is 4.34. The fourth-order valence-electron chi connectivity index (χ4n) is 4.09. The van der Waals surface area contributed by atoms with Crippen LogP contribution in [0.3, 0.4) is 0 Å². The van der Waals surface area contributed by atoms with E-state index in [-0.39, 0.29) is 29.5 Å². The van der Waals surface area contributed by atoms with Crippen molar-refractivity contribution in [3.8, 4) is 5.75 Å². The molecule has 4 atom stereocenters. The molecule has 0 radical (unpaired) electrons. The summed E-state index contributed by atoms with van der Waals surface area (Å²) in [5.74, 6) is -0.539. The largest absolute Gasteiger partial charge is 0.508 e. The second-order valence-electron chi connectivity index (χ2n) is 11.1. The van der Waals surface area contributed by atoms with Crippen molar-refractivity contribution >= 4 is 30.5 Å². The number of rotatable bonds is 13. The maximum atomic E-state index is 14.0. The van der Waals surface area contributed by atoms with Gasteiger partial charge in [-0.3, -0.25) is 9.59 Å². The summed E-state index contributed by atoms with van der Waals surface area (Å²) in [7, 11) is 0. The Kier molecular flexibility index (Phi) is 13.3. The van der Waals surface area contributed by atoms with Crippen molar-refractivity contribution in [2.75, 3.05) is 5.75 Å². The van der Waals surface area contributed by atoms with Crippen molar-refractivity contribution in [1.29, 1.82) is 0 Å². The molecule has 1 aromatic carbocycles. The van der Waals surface area contributed by atoms with E-state index in [2.05, 4.69) is 37.1 Å². The lowest BCUT2D eigenvalue weighted by molar-refractivity contribution is -0.145. The average Bonchev–Trinajstić information content (AvgIpc) is 2.78. The van der Waals surface area contributed by atoms with Gasteiger partial charge in [0.25, 0.3) is 0 Å². The monoisotopic (exact) mass is 537 g/mol. The second-order valence-corrected chi connectivity index (χ2v) is 11.5. The van der Waals surface area contributed by atoms with Gasteiger partial charge in [-0.15, -0.1) is 0 Å². The normalized spacial score (nSPS) is 14.9. The summed E-state index contributed by atoms with van der Waals surface area (Å²) >= 11 is 4.33. The molecule has 210 valence electrons. The van der Waals surface area contributed by atoms with Crippen LogP contribution in [0.5, 0.6) is 5.75 Å². The van der Waals surface area contributed by atoms with Gasteiger partial charge in [-0.2, -0.15) is 12.6 Å². The summed E-state index contributed by atoms with van der Waals surface area (Å²) in [5, 5.41) is 16.4. The Labute approximate surface area is 228 Å². The number of amides is 3. The van der Waals surface area contributed by atoms with Crippen molar-refractivity contribution in [1.82, 2.24) is 15.5 Å². The number of nitrogens with one attached hydrogen (secondary N) is 2. The minimum Gasteiger partial charge on any atom is -0.508 e. The predicted octanol–water partition coefficient (Wildman–Crippen LogP) is 5.21. The number of hydrogen-bond donors (Lipinski definition) is 4. The van der Waals surface area contributed by atoms with Crippen LogP contribution in [0.1, 0.15) is 92.7 Å². The molecule has 0 aliphatic carbocycles. The number of carbonyl (C=O) groups is 3. The Morgan fingerprint density at radius 2 is 1.65 bits per heavy atom. The topological polar surface area (TPSA) is 108 Å². The highest BCUT2D eigenvalue weighted by molar-refractivity contribution is 7.80. The molecule has 3 amide bonds. The molecule has 1 aromatic rings. The molecular formula is C28H47N3O5S. The van der Waals surface area contributed by atoms with Crippen molar-refractivity contribution in [3.05, 3.63) is 29.8 Å². The van der Waals surface area contributed by atoms with E-state index in [1.807, 2.05) is 20.8 Å².